The van der Waals surface area contributed by atoms with Gasteiger partial charge >= 0.3 is 0 Å². The number of fused-ring (bicyclic) bond motifs is 1. The van der Waals surface area contributed by atoms with Gasteiger partial charge in [-0.15, -0.1) is 0 Å². The highest BCUT2D eigenvalue weighted by atomic mass is 16.2. The molecular weight excluding hydrogens is 326 g/mol. The third-order valence-corrected chi connectivity index (χ3v) is 4.87. The van der Waals surface area contributed by atoms with Crippen LogP contribution in [0.4, 0.5) is 17.1 Å². The fourth-order valence-electron chi connectivity index (χ4n) is 3.42. The van der Waals surface area contributed by atoms with E-state index in [1.807, 2.05) is 42.5 Å². The van der Waals surface area contributed by atoms with Crippen molar-refractivity contribution >= 4 is 28.9 Å². The average Bonchev–Trinajstić information content (AvgIpc) is 3.07. The van der Waals surface area contributed by atoms with Gasteiger partial charge in [-0.2, -0.15) is 0 Å². The number of hydrogen-bond acceptors (Lipinski definition) is 3. The van der Waals surface area contributed by atoms with Crippen molar-refractivity contribution in [1.82, 2.24) is 0 Å². The van der Waals surface area contributed by atoms with Gasteiger partial charge in [-0.1, -0.05) is 0 Å². The molecule has 0 saturated carbocycles. The number of benzene rings is 2. The Balaban J connectivity index is 1.72. The molecule has 1 heterocycles. The quantitative estimate of drug-likeness (QED) is 0.894. The van der Waals surface area contributed by atoms with Crippen LogP contribution in [0, 0.1) is 0 Å². The number of rotatable bonds is 5. The normalized spacial score (nSPS) is 12.7. The van der Waals surface area contributed by atoms with E-state index in [9.17, 15) is 9.59 Å². The third kappa shape index (κ3) is 3.57. The van der Waals surface area contributed by atoms with Crippen LogP contribution in [-0.4, -0.2) is 31.4 Å². The first kappa shape index (κ1) is 18.0. The van der Waals surface area contributed by atoms with Gasteiger partial charge in [0.2, 0.25) is 5.91 Å². The van der Waals surface area contributed by atoms with Crippen LogP contribution in [0.2, 0.25) is 0 Å². The molecule has 0 aromatic heterocycles. The van der Waals surface area contributed by atoms with Crippen molar-refractivity contribution in [1.29, 1.82) is 0 Å². The van der Waals surface area contributed by atoms with Gasteiger partial charge in [-0.05, 0) is 68.3 Å². The van der Waals surface area contributed by atoms with Crippen molar-refractivity contribution in [3.8, 4) is 0 Å². The van der Waals surface area contributed by atoms with Crippen LogP contribution in [-0.2, 0) is 11.2 Å². The summed E-state index contributed by atoms with van der Waals surface area (Å²) in [4.78, 5) is 28.2. The summed E-state index contributed by atoms with van der Waals surface area (Å²) >= 11 is 0. The maximum atomic E-state index is 12.5. The highest BCUT2D eigenvalue weighted by Crippen LogP contribution is 2.30. The first-order valence-electron chi connectivity index (χ1n) is 9.10. The fraction of sp³-hybridized carbons (Fsp3) is 0.333. The molecule has 0 fully saturated rings. The van der Waals surface area contributed by atoms with E-state index in [0.29, 0.717) is 12.1 Å². The molecule has 2 aromatic rings. The molecule has 1 N–H and O–H groups in total. The summed E-state index contributed by atoms with van der Waals surface area (Å²) in [5, 5.41) is 2.95. The topological polar surface area (TPSA) is 52.7 Å². The molecule has 0 spiro atoms. The largest absolute Gasteiger partial charge is 0.372 e. The van der Waals surface area contributed by atoms with Crippen LogP contribution >= 0.6 is 0 Å². The zero-order valence-electron chi connectivity index (χ0n) is 15.6. The van der Waals surface area contributed by atoms with Crippen molar-refractivity contribution in [2.24, 2.45) is 0 Å². The maximum absolute atomic E-state index is 12.5. The number of carbonyl (C=O) groups is 2. The van der Waals surface area contributed by atoms with E-state index in [2.05, 4.69) is 24.1 Å². The van der Waals surface area contributed by atoms with E-state index in [0.717, 1.165) is 42.1 Å². The van der Waals surface area contributed by atoms with E-state index in [1.165, 1.54) is 0 Å². The Bertz CT molecular complexity index is 811. The molecule has 0 aliphatic carbocycles. The number of carbonyl (C=O) groups excluding carboxylic acids is 2. The summed E-state index contributed by atoms with van der Waals surface area (Å²) in [6, 6.07) is 13.4. The molecule has 2 aromatic carbocycles. The Morgan fingerprint density at radius 1 is 1.08 bits per heavy atom. The number of amides is 2. The summed E-state index contributed by atoms with van der Waals surface area (Å²) in [6.07, 6.45) is 0.817. The second kappa shape index (κ2) is 7.60. The molecule has 5 nitrogen and oxygen atoms in total. The SMILES string of the molecule is CCN(CC)c1ccc(C(=O)Nc2ccc3c(c2)CCN3C(C)=O)cc1. The van der Waals surface area contributed by atoms with E-state index in [1.54, 1.807) is 11.8 Å². The first-order chi connectivity index (χ1) is 12.5. The zero-order chi connectivity index (χ0) is 18.7. The molecule has 0 atom stereocenters. The summed E-state index contributed by atoms with van der Waals surface area (Å²) in [7, 11) is 0. The molecule has 2 amide bonds. The first-order valence-corrected chi connectivity index (χ1v) is 9.10. The van der Waals surface area contributed by atoms with E-state index in [-0.39, 0.29) is 11.8 Å². The molecule has 5 heteroatoms. The van der Waals surface area contributed by atoms with E-state index in [4.69, 9.17) is 0 Å². The third-order valence-electron chi connectivity index (χ3n) is 4.87. The Hall–Kier alpha value is -2.82. The second-order valence-electron chi connectivity index (χ2n) is 6.44. The molecule has 0 radical (unpaired) electrons. The van der Waals surface area contributed by atoms with Gasteiger partial charge < -0.3 is 15.1 Å². The molecular formula is C21H25N3O2. The van der Waals surface area contributed by atoms with Crippen molar-refractivity contribution in [3.05, 3.63) is 53.6 Å². The van der Waals surface area contributed by atoms with Gasteiger partial charge in [-0.3, -0.25) is 9.59 Å². The predicted molar refractivity (Wildman–Crippen MR) is 106 cm³/mol. The van der Waals surface area contributed by atoms with Crippen LogP contribution in [0.5, 0.6) is 0 Å². The number of hydrogen-bond donors (Lipinski definition) is 1. The lowest BCUT2D eigenvalue weighted by Gasteiger charge is -2.21. The van der Waals surface area contributed by atoms with Crippen molar-refractivity contribution in [2.75, 3.05) is 34.8 Å². The van der Waals surface area contributed by atoms with Crippen LogP contribution < -0.4 is 15.1 Å². The monoisotopic (exact) mass is 351 g/mol. The van der Waals surface area contributed by atoms with E-state index >= 15 is 0 Å². The summed E-state index contributed by atoms with van der Waals surface area (Å²) in [5.74, 6) is -0.0775. The van der Waals surface area contributed by atoms with Crippen LogP contribution in [0.1, 0.15) is 36.7 Å². The van der Waals surface area contributed by atoms with Gasteiger partial charge in [-0.25, -0.2) is 0 Å². The minimum absolute atomic E-state index is 0.0498. The lowest BCUT2D eigenvalue weighted by molar-refractivity contribution is -0.116. The zero-order valence-corrected chi connectivity index (χ0v) is 15.6. The summed E-state index contributed by atoms with van der Waals surface area (Å²) in [6.45, 7) is 8.39. The number of nitrogens with one attached hydrogen (secondary N) is 1. The standard InChI is InChI=1S/C21H25N3O2/c1-4-23(5-2)19-9-6-16(7-10-19)21(26)22-18-8-11-20-17(14-18)12-13-24(20)15(3)25/h6-11,14H,4-5,12-13H2,1-3H3,(H,22,26). The van der Waals surface area contributed by atoms with Gasteiger partial charge in [0, 0.05) is 49.2 Å². The Morgan fingerprint density at radius 3 is 2.38 bits per heavy atom. The van der Waals surface area contributed by atoms with Crippen molar-refractivity contribution in [2.45, 2.75) is 27.2 Å². The maximum Gasteiger partial charge on any atom is 0.255 e. The molecule has 136 valence electrons. The minimum Gasteiger partial charge on any atom is -0.372 e. The lowest BCUT2D eigenvalue weighted by Crippen LogP contribution is -2.25. The number of nitrogens with zero attached hydrogens (tertiary/aromatic N) is 2. The molecule has 1 aliphatic rings. The Kier molecular flexibility index (Phi) is 5.26. The second-order valence-corrected chi connectivity index (χ2v) is 6.44. The van der Waals surface area contributed by atoms with Crippen LogP contribution in [0.3, 0.4) is 0 Å². The Morgan fingerprint density at radius 2 is 1.77 bits per heavy atom. The predicted octanol–water partition coefficient (Wildman–Crippen LogP) is 3.69. The van der Waals surface area contributed by atoms with Gasteiger partial charge in [0.25, 0.3) is 5.91 Å². The molecule has 3 rings (SSSR count). The molecule has 1 aliphatic heterocycles. The van der Waals surface area contributed by atoms with Crippen molar-refractivity contribution in [3.63, 3.8) is 0 Å². The summed E-state index contributed by atoms with van der Waals surface area (Å²) in [5.41, 5.74) is 4.54. The highest BCUT2D eigenvalue weighted by Gasteiger charge is 2.22. The van der Waals surface area contributed by atoms with E-state index < -0.39 is 0 Å². The Labute approximate surface area is 154 Å². The summed E-state index contributed by atoms with van der Waals surface area (Å²) < 4.78 is 0. The smallest absolute Gasteiger partial charge is 0.255 e. The lowest BCUT2D eigenvalue weighted by atomic mass is 10.1. The van der Waals surface area contributed by atoms with Gasteiger partial charge in [0.1, 0.15) is 0 Å². The minimum atomic E-state index is -0.127. The van der Waals surface area contributed by atoms with Crippen LogP contribution in [0.15, 0.2) is 42.5 Å². The molecule has 0 unspecified atom stereocenters. The molecule has 0 bridgehead atoms. The molecule has 0 saturated heterocycles. The average molecular weight is 351 g/mol. The van der Waals surface area contributed by atoms with Crippen molar-refractivity contribution < 1.29 is 9.59 Å². The number of anilines is 3. The van der Waals surface area contributed by atoms with Gasteiger partial charge in [0.15, 0.2) is 0 Å². The molecule has 26 heavy (non-hydrogen) atoms. The highest BCUT2D eigenvalue weighted by molar-refractivity contribution is 6.05. The van der Waals surface area contributed by atoms with Gasteiger partial charge in [0.05, 0.1) is 0 Å². The van der Waals surface area contributed by atoms with Crippen LogP contribution in [0.25, 0.3) is 0 Å². The fourth-order valence-corrected chi connectivity index (χ4v) is 3.42.